The lowest BCUT2D eigenvalue weighted by atomic mass is 10.1. The monoisotopic (exact) mass is 787 g/mol. The smallest absolute Gasteiger partial charge is 0.257 e. The van der Waals surface area contributed by atoms with Gasteiger partial charge in [0.2, 0.25) is 11.8 Å². The van der Waals surface area contributed by atoms with Gasteiger partial charge >= 0.3 is 0 Å². The van der Waals surface area contributed by atoms with Crippen LogP contribution in [0.5, 0.6) is 0 Å². The van der Waals surface area contributed by atoms with Crippen molar-refractivity contribution in [2.45, 2.75) is 59.3 Å². The molecule has 2 aromatic rings. The number of rotatable bonds is 10. The van der Waals surface area contributed by atoms with Crippen LogP contribution < -0.4 is 16.0 Å². The predicted molar refractivity (Wildman–Crippen MR) is 160 cm³/mol. The van der Waals surface area contributed by atoms with Gasteiger partial charge in [0.15, 0.2) is 0 Å². The van der Waals surface area contributed by atoms with E-state index in [1.807, 2.05) is 24.3 Å². The molecule has 0 fully saturated rings. The van der Waals surface area contributed by atoms with Gasteiger partial charge in [-0.2, -0.15) is 0 Å². The van der Waals surface area contributed by atoms with Crippen molar-refractivity contribution in [2.75, 3.05) is 16.0 Å². The van der Waals surface area contributed by atoms with Crippen molar-refractivity contribution in [1.29, 1.82) is 0 Å². The molecule has 0 aliphatic rings. The summed E-state index contributed by atoms with van der Waals surface area (Å²) in [5, 5.41) is 8.54. The Kier molecular flexibility index (Phi) is 11.8. The van der Waals surface area contributed by atoms with Gasteiger partial charge in [-0.05, 0) is 98.3 Å². The third kappa shape index (κ3) is 8.34. The average molecular weight is 787 g/mol. The molecular formula is C24H28I3N3O3. The maximum absolute atomic E-state index is 13.3. The van der Waals surface area contributed by atoms with E-state index in [2.05, 4.69) is 90.6 Å². The van der Waals surface area contributed by atoms with Gasteiger partial charge in [-0.25, -0.2) is 0 Å². The molecule has 0 spiro atoms. The van der Waals surface area contributed by atoms with E-state index in [9.17, 15) is 14.4 Å². The zero-order chi connectivity index (χ0) is 24.5. The van der Waals surface area contributed by atoms with Gasteiger partial charge in [0, 0.05) is 19.5 Å². The molecule has 0 saturated carbocycles. The maximum atomic E-state index is 13.3. The second-order valence-corrected chi connectivity index (χ2v) is 11.0. The molecule has 0 heterocycles. The first-order valence-electron chi connectivity index (χ1n) is 10.8. The summed E-state index contributed by atoms with van der Waals surface area (Å²) in [6, 6.07) is 7.92. The van der Waals surface area contributed by atoms with Crippen molar-refractivity contribution in [2.24, 2.45) is 0 Å². The normalized spacial score (nSPS) is 10.6. The number of carbonyl (C=O) groups is 3. The van der Waals surface area contributed by atoms with E-state index in [1.54, 1.807) is 0 Å². The number of nitrogens with one attached hydrogen (secondary N) is 3. The van der Waals surface area contributed by atoms with Crippen LogP contribution >= 0.6 is 67.8 Å². The minimum atomic E-state index is -0.300. The molecule has 6 nitrogen and oxygen atoms in total. The number of halogens is 3. The van der Waals surface area contributed by atoms with E-state index in [0.29, 0.717) is 33.3 Å². The second kappa shape index (κ2) is 13.8. The number of anilines is 3. The topological polar surface area (TPSA) is 87.3 Å². The van der Waals surface area contributed by atoms with Crippen LogP contribution in [0.15, 0.2) is 24.3 Å². The van der Waals surface area contributed by atoms with E-state index >= 15 is 0 Å². The van der Waals surface area contributed by atoms with Gasteiger partial charge in [-0.15, -0.1) is 0 Å². The summed E-state index contributed by atoms with van der Waals surface area (Å²) in [4.78, 5) is 36.8. The minimum absolute atomic E-state index is 0.252. The molecule has 3 amide bonds. The van der Waals surface area contributed by atoms with Gasteiger partial charge in [-0.3, -0.25) is 14.4 Å². The molecular weight excluding hydrogens is 759 g/mol. The number of benzene rings is 2. The fourth-order valence-corrected chi connectivity index (χ4v) is 7.51. The third-order valence-electron chi connectivity index (χ3n) is 4.93. The standard InChI is InChI=1S/C24H28I3N3O3/c1-4-5-6-7-8-9-16-10-12-17(13-11-16)30-24(33)18-19(25)22(28-14(2)31)21(27)23(20(18)26)29-15(3)32/h10-13H,4-9H2,1-3H3,(H,28,31)(H,29,32)(H,30,33). The Morgan fingerprint density at radius 3 is 1.73 bits per heavy atom. The lowest BCUT2D eigenvalue weighted by molar-refractivity contribution is -0.115. The molecule has 0 aliphatic heterocycles. The lowest BCUT2D eigenvalue weighted by Crippen LogP contribution is -2.21. The van der Waals surface area contributed by atoms with Crippen LogP contribution in [0.4, 0.5) is 17.1 Å². The van der Waals surface area contributed by atoms with Crippen LogP contribution in [-0.4, -0.2) is 17.7 Å². The molecule has 178 valence electrons. The minimum Gasteiger partial charge on any atom is -0.324 e. The molecule has 0 aromatic heterocycles. The van der Waals surface area contributed by atoms with Crippen LogP contribution in [0.2, 0.25) is 0 Å². The number of hydrogen-bond acceptors (Lipinski definition) is 3. The predicted octanol–water partition coefficient (Wildman–Crippen LogP) is 7.18. The summed E-state index contributed by atoms with van der Waals surface area (Å²) >= 11 is 6.21. The third-order valence-corrected chi connectivity index (χ3v) is 8.16. The molecule has 0 atom stereocenters. The molecule has 2 aromatic carbocycles. The quantitative estimate of drug-likeness (QED) is 0.176. The Hall–Kier alpha value is -0.960. The summed E-state index contributed by atoms with van der Waals surface area (Å²) in [6.45, 7) is 5.03. The molecule has 3 N–H and O–H groups in total. The summed E-state index contributed by atoms with van der Waals surface area (Å²) in [5.74, 6) is -0.805. The van der Waals surface area contributed by atoms with Crippen molar-refractivity contribution in [3.63, 3.8) is 0 Å². The van der Waals surface area contributed by atoms with Gasteiger partial charge in [0.25, 0.3) is 5.91 Å². The number of unbranched alkanes of at least 4 members (excludes halogenated alkanes) is 4. The molecule has 0 aliphatic carbocycles. The molecule has 0 saturated heterocycles. The molecule has 2 rings (SSSR count). The Morgan fingerprint density at radius 2 is 1.24 bits per heavy atom. The van der Waals surface area contributed by atoms with E-state index in [-0.39, 0.29) is 17.7 Å². The zero-order valence-corrected chi connectivity index (χ0v) is 25.4. The fraction of sp³-hybridized carbons (Fsp3) is 0.375. The Morgan fingerprint density at radius 1 is 0.727 bits per heavy atom. The molecule has 0 bridgehead atoms. The van der Waals surface area contributed by atoms with Gasteiger partial charge in [0.1, 0.15) is 0 Å². The molecule has 33 heavy (non-hydrogen) atoms. The average Bonchev–Trinajstić information content (AvgIpc) is 2.75. The Bertz CT molecular complexity index is 981. The maximum Gasteiger partial charge on any atom is 0.257 e. The fourth-order valence-electron chi connectivity index (χ4n) is 3.32. The van der Waals surface area contributed by atoms with Gasteiger partial charge in [-0.1, -0.05) is 44.7 Å². The summed E-state index contributed by atoms with van der Waals surface area (Å²) in [6.07, 6.45) is 7.25. The van der Waals surface area contributed by atoms with Crippen LogP contribution in [0, 0.1) is 10.7 Å². The zero-order valence-electron chi connectivity index (χ0n) is 18.9. The number of carbonyl (C=O) groups excluding carboxylic acids is 3. The van der Waals surface area contributed by atoms with Crippen LogP contribution in [-0.2, 0) is 16.0 Å². The summed E-state index contributed by atoms with van der Waals surface area (Å²) in [7, 11) is 0. The first kappa shape index (κ1) is 28.3. The van der Waals surface area contributed by atoms with E-state index in [0.717, 1.165) is 6.42 Å². The van der Waals surface area contributed by atoms with Crippen molar-refractivity contribution < 1.29 is 14.4 Å². The van der Waals surface area contributed by atoms with Crippen molar-refractivity contribution >= 4 is 103 Å². The van der Waals surface area contributed by atoms with Gasteiger partial charge in [0.05, 0.1) is 27.6 Å². The van der Waals surface area contributed by atoms with Crippen LogP contribution in [0.3, 0.4) is 0 Å². The van der Waals surface area contributed by atoms with Crippen LogP contribution in [0.1, 0.15) is 68.8 Å². The van der Waals surface area contributed by atoms with Crippen molar-refractivity contribution in [1.82, 2.24) is 0 Å². The van der Waals surface area contributed by atoms with E-state index in [1.165, 1.54) is 51.5 Å². The number of hydrogen-bond donors (Lipinski definition) is 3. The number of aryl methyl sites for hydroxylation is 1. The Labute approximate surface area is 236 Å². The van der Waals surface area contributed by atoms with Crippen LogP contribution in [0.25, 0.3) is 0 Å². The first-order valence-corrected chi connectivity index (χ1v) is 14.0. The second-order valence-electron chi connectivity index (χ2n) is 7.74. The van der Waals surface area contributed by atoms with E-state index in [4.69, 9.17) is 0 Å². The van der Waals surface area contributed by atoms with Crippen molar-refractivity contribution in [3.8, 4) is 0 Å². The highest BCUT2D eigenvalue weighted by Gasteiger charge is 2.25. The lowest BCUT2D eigenvalue weighted by Gasteiger charge is -2.19. The summed E-state index contributed by atoms with van der Waals surface area (Å²) in [5.41, 5.74) is 3.38. The van der Waals surface area contributed by atoms with Gasteiger partial charge < -0.3 is 16.0 Å². The van der Waals surface area contributed by atoms with E-state index < -0.39 is 0 Å². The van der Waals surface area contributed by atoms with Crippen molar-refractivity contribution in [3.05, 3.63) is 46.1 Å². The summed E-state index contributed by atoms with van der Waals surface area (Å²) < 4.78 is 1.91. The molecule has 0 unspecified atom stereocenters. The first-order chi connectivity index (χ1) is 15.6. The largest absolute Gasteiger partial charge is 0.324 e. The highest BCUT2D eigenvalue weighted by atomic mass is 127. The Balaban J connectivity index is 2.26. The SMILES string of the molecule is CCCCCCCc1ccc(NC(=O)c2c(I)c(NC(C)=O)c(I)c(NC(C)=O)c2I)cc1. The molecule has 0 radical (unpaired) electrons. The highest BCUT2D eigenvalue weighted by Crippen LogP contribution is 2.39. The highest BCUT2D eigenvalue weighted by molar-refractivity contribution is 14.1. The molecule has 9 heteroatoms. The number of amides is 3.